The van der Waals surface area contributed by atoms with E-state index >= 15 is 0 Å². The van der Waals surface area contributed by atoms with Crippen molar-refractivity contribution in [2.24, 2.45) is 0 Å². The molecule has 1 amide bonds. The predicted molar refractivity (Wildman–Crippen MR) is 97.6 cm³/mol. The van der Waals surface area contributed by atoms with Crippen molar-refractivity contribution in [1.82, 2.24) is 9.88 Å². The van der Waals surface area contributed by atoms with Crippen LogP contribution in [0.1, 0.15) is 41.2 Å². The number of piperidine rings is 1. The largest absolute Gasteiger partial charge is 0.505 e. The highest BCUT2D eigenvalue weighted by molar-refractivity contribution is 5.96. The van der Waals surface area contributed by atoms with Gasteiger partial charge in [-0.05, 0) is 37.0 Å². The first-order valence-electron chi connectivity index (χ1n) is 8.59. The zero-order chi connectivity index (χ0) is 17.5. The van der Waals surface area contributed by atoms with Gasteiger partial charge in [-0.3, -0.25) is 9.78 Å². The number of amides is 1. The molecule has 3 rings (SSSR count). The van der Waals surface area contributed by atoms with Crippen molar-refractivity contribution in [3.63, 3.8) is 0 Å². The highest BCUT2D eigenvalue weighted by Crippen LogP contribution is 2.32. The number of nitrogens with zero attached hydrogens (tertiary/aromatic N) is 2. The highest BCUT2D eigenvalue weighted by Gasteiger charge is 2.29. The summed E-state index contributed by atoms with van der Waals surface area (Å²) in [6.07, 6.45) is 5.89. The minimum atomic E-state index is -0.160. The average Bonchev–Trinajstić information content (AvgIpc) is 2.67. The Kier molecular flexibility index (Phi) is 5.62. The maximum absolute atomic E-state index is 13.2. The van der Waals surface area contributed by atoms with E-state index in [9.17, 15) is 9.90 Å². The number of hydrogen-bond acceptors (Lipinski definition) is 3. The molecule has 2 heterocycles. The van der Waals surface area contributed by atoms with E-state index in [2.05, 4.69) is 17.1 Å². The van der Waals surface area contributed by atoms with Crippen molar-refractivity contribution < 1.29 is 9.90 Å². The van der Waals surface area contributed by atoms with E-state index in [-0.39, 0.29) is 23.3 Å². The first kappa shape index (κ1) is 17.0. The average molecular weight is 334 g/mol. The fraction of sp³-hybridized carbons (Fsp3) is 0.238. The maximum Gasteiger partial charge on any atom is 0.258 e. The van der Waals surface area contributed by atoms with Gasteiger partial charge >= 0.3 is 0 Å². The fourth-order valence-electron chi connectivity index (χ4n) is 3.18. The quantitative estimate of drug-likeness (QED) is 0.892. The van der Waals surface area contributed by atoms with Gasteiger partial charge in [0.2, 0.25) is 0 Å². The van der Waals surface area contributed by atoms with Gasteiger partial charge in [-0.25, -0.2) is 0 Å². The third kappa shape index (κ3) is 4.15. The van der Waals surface area contributed by atoms with Gasteiger partial charge in [0.05, 0.1) is 17.8 Å². The molecule has 2 aromatic rings. The molecule has 1 aliphatic rings. The molecule has 128 valence electrons. The highest BCUT2D eigenvalue weighted by atomic mass is 16.3. The second-order valence-corrected chi connectivity index (χ2v) is 6.08. The summed E-state index contributed by atoms with van der Waals surface area (Å²) in [6, 6.07) is 18.9. The van der Waals surface area contributed by atoms with Crippen LogP contribution in [0.2, 0.25) is 0 Å². The lowest BCUT2D eigenvalue weighted by Gasteiger charge is -2.36. The molecule has 25 heavy (non-hydrogen) atoms. The lowest BCUT2D eigenvalue weighted by Crippen LogP contribution is -2.38. The molecule has 0 saturated carbocycles. The predicted octanol–water partition coefficient (Wildman–Crippen LogP) is 4.28. The van der Waals surface area contributed by atoms with E-state index in [1.54, 1.807) is 24.4 Å². The Morgan fingerprint density at radius 2 is 1.72 bits per heavy atom. The fourth-order valence-corrected chi connectivity index (χ4v) is 3.18. The van der Waals surface area contributed by atoms with Crippen molar-refractivity contribution >= 4 is 5.91 Å². The van der Waals surface area contributed by atoms with E-state index in [4.69, 9.17) is 0 Å². The monoisotopic (exact) mass is 334 g/mol. The number of rotatable bonds is 2. The van der Waals surface area contributed by atoms with Crippen molar-refractivity contribution in [2.45, 2.75) is 25.3 Å². The normalized spacial score (nSPS) is 16.8. The number of benzene rings is 1. The van der Waals surface area contributed by atoms with Crippen molar-refractivity contribution in [3.8, 4) is 5.75 Å². The van der Waals surface area contributed by atoms with Crippen molar-refractivity contribution in [1.29, 1.82) is 0 Å². The van der Waals surface area contributed by atoms with Gasteiger partial charge in [-0.2, -0.15) is 0 Å². The van der Waals surface area contributed by atoms with E-state index in [1.165, 1.54) is 6.20 Å². The Bertz CT molecular complexity index is 776. The molecule has 0 aliphatic carbocycles. The number of carbonyl (C=O) groups is 1. The van der Waals surface area contributed by atoms with Crippen LogP contribution in [0, 0.1) is 0 Å². The van der Waals surface area contributed by atoms with Gasteiger partial charge in [0.25, 0.3) is 5.91 Å². The zero-order valence-corrected chi connectivity index (χ0v) is 14.1. The molecule has 1 fully saturated rings. The van der Waals surface area contributed by atoms with Crippen molar-refractivity contribution in [2.75, 3.05) is 6.54 Å². The molecule has 0 bridgehead atoms. The van der Waals surface area contributed by atoms with Crippen LogP contribution in [0.5, 0.6) is 5.75 Å². The molecule has 0 spiro atoms. The van der Waals surface area contributed by atoms with Gasteiger partial charge in [0, 0.05) is 12.7 Å². The van der Waals surface area contributed by atoms with Gasteiger partial charge in [0.1, 0.15) is 5.75 Å². The summed E-state index contributed by atoms with van der Waals surface area (Å²) >= 11 is 0. The topological polar surface area (TPSA) is 53.4 Å². The standard InChI is InChI=1S/C21H22N2O2/c24-20-16-22-14-8-2-1-6-12-18(20)21(25)23-15-9-7-13-19(23)17-10-4-3-5-11-17/h1-6,8,10-12,14,16,19,24H,7,9,13,15H2. The summed E-state index contributed by atoms with van der Waals surface area (Å²) in [7, 11) is 0. The molecular weight excluding hydrogens is 312 g/mol. The molecule has 1 aromatic heterocycles. The SMILES string of the molecule is O=C(c1ccccccncc1O)N1CCCCC1c1ccccc1. The van der Waals surface area contributed by atoms with Crippen LogP contribution in [0.4, 0.5) is 0 Å². The van der Waals surface area contributed by atoms with E-state index < -0.39 is 0 Å². The molecule has 4 nitrogen and oxygen atoms in total. The Labute approximate surface area is 148 Å². The van der Waals surface area contributed by atoms with E-state index in [1.807, 2.05) is 35.2 Å². The van der Waals surface area contributed by atoms with Gasteiger partial charge in [-0.1, -0.05) is 48.5 Å². The number of carbonyl (C=O) groups excluding carboxylic acids is 1. The summed E-state index contributed by atoms with van der Waals surface area (Å²) in [5.74, 6) is -0.273. The second-order valence-electron chi connectivity index (χ2n) is 6.08. The molecule has 4 heteroatoms. The van der Waals surface area contributed by atoms with E-state index in [0.29, 0.717) is 6.54 Å². The molecule has 1 saturated heterocycles. The molecule has 1 N–H and O–H groups in total. The zero-order valence-electron chi connectivity index (χ0n) is 14.1. The lowest BCUT2D eigenvalue weighted by molar-refractivity contribution is 0.0608. The third-order valence-corrected chi connectivity index (χ3v) is 4.42. The van der Waals surface area contributed by atoms with Gasteiger partial charge in [0.15, 0.2) is 0 Å². The first-order chi connectivity index (χ1) is 12.3. The number of aromatic hydroxyl groups is 1. The Morgan fingerprint density at radius 3 is 2.56 bits per heavy atom. The van der Waals surface area contributed by atoms with Crippen LogP contribution >= 0.6 is 0 Å². The molecular formula is C21H22N2O2. The Morgan fingerprint density at radius 1 is 1.00 bits per heavy atom. The van der Waals surface area contributed by atoms with Crippen LogP contribution in [0.15, 0.2) is 73.1 Å². The molecule has 1 unspecified atom stereocenters. The third-order valence-electron chi connectivity index (χ3n) is 4.42. The summed E-state index contributed by atoms with van der Waals surface area (Å²) < 4.78 is 0. The van der Waals surface area contributed by atoms with E-state index in [0.717, 1.165) is 24.8 Å². The minimum absolute atomic E-state index is 0.0407. The Balaban J connectivity index is 1.98. The molecule has 0 radical (unpaired) electrons. The van der Waals surface area contributed by atoms with Gasteiger partial charge in [-0.15, -0.1) is 0 Å². The van der Waals surface area contributed by atoms with Gasteiger partial charge < -0.3 is 10.0 Å². The van der Waals surface area contributed by atoms with Crippen LogP contribution < -0.4 is 0 Å². The van der Waals surface area contributed by atoms with Crippen LogP contribution in [0.3, 0.4) is 0 Å². The summed E-state index contributed by atoms with van der Waals surface area (Å²) in [6.45, 7) is 0.690. The number of likely N-dealkylation sites (tertiary alicyclic amines) is 1. The number of aromatic nitrogens is 1. The molecule has 1 aliphatic heterocycles. The minimum Gasteiger partial charge on any atom is -0.505 e. The maximum atomic E-state index is 13.2. The van der Waals surface area contributed by atoms with Crippen LogP contribution in [-0.2, 0) is 0 Å². The smallest absolute Gasteiger partial charge is 0.258 e. The lowest BCUT2D eigenvalue weighted by atomic mass is 9.94. The Hall–Kier alpha value is -2.88. The summed E-state index contributed by atoms with van der Waals surface area (Å²) in [5, 5.41) is 10.3. The van der Waals surface area contributed by atoms with Crippen LogP contribution in [0.25, 0.3) is 0 Å². The molecule has 1 aromatic carbocycles. The summed E-state index contributed by atoms with van der Waals surface area (Å²) in [4.78, 5) is 19.0. The van der Waals surface area contributed by atoms with Crippen LogP contribution in [-0.4, -0.2) is 27.4 Å². The second kappa shape index (κ2) is 8.29. The summed E-state index contributed by atoms with van der Waals surface area (Å²) in [5.41, 5.74) is 1.41. The first-order valence-corrected chi connectivity index (χ1v) is 8.59. The molecule has 1 atom stereocenters. The van der Waals surface area contributed by atoms with Crippen molar-refractivity contribution in [3.05, 3.63) is 84.2 Å². The number of hydrogen-bond donors (Lipinski definition) is 1.